The Balaban J connectivity index is 1.69. The molecule has 1 aromatic carbocycles. The lowest BCUT2D eigenvalue weighted by Gasteiger charge is -1.92. The minimum Gasteiger partial charge on any atom is -0.437 e. The van der Waals surface area contributed by atoms with Gasteiger partial charge in [-0.1, -0.05) is 47.3 Å². The van der Waals surface area contributed by atoms with Crippen molar-refractivity contribution < 1.29 is 8.94 Å². The molecular formula is C15H14N2O2S. The molecule has 0 radical (unpaired) electrons. The van der Waals surface area contributed by atoms with Crippen LogP contribution < -0.4 is 0 Å². The standard InChI is InChI=1S/C15H14N2O2S/c1-10-11(2)18-15(16-10)20-9-13-8-14(19-17-13)12-6-4-3-5-7-12/h3-8H,9H2,1-2H3. The number of hydrogen-bond donors (Lipinski definition) is 0. The predicted molar refractivity (Wildman–Crippen MR) is 77.5 cm³/mol. The average Bonchev–Trinajstić information content (AvgIpc) is 3.05. The Kier molecular flexibility index (Phi) is 3.60. The van der Waals surface area contributed by atoms with E-state index in [0.29, 0.717) is 11.0 Å². The zero-order chi connectivity index (χ0) is 13.9. The topological polar surface area (TPSA) is 52.1 Å². The van der Waals surface area contributed by atoms with Crippen molar-refractivity contribution in [2.75, 3.05) is 0 Å². The highest BCUT2D eigenvalue weighted by Crippen LogP contribution is 2.26. The van der Waals surface area contributed by atoms with E-state index in [1.165, 1.54) is 11.8 Å². The predicted octanol–water partition coefficient (Wildman–Crippen LogP) is 4.24. The third-order valence-corrected chi connectivity index (χ3v) is 3.83. The van der Waals surface area contributed by atoms with Crippen LogP contribution in [-0.4, -0.2) is 10.1 Å². The Hall–Kier alpha value is -2.01. The van der Waals surface area contributed by atoms with E-state index in [0.717, 1.165) is 28.5 Å². The van der Waals surface area contributed by atoms with Crippen molar-refractivity contribution in [3.05, 3.63) is 53.5 Å². The van der Waals surface area contributed by atoms with E-state index in [2.05, 4.69) is 10.1 Å². The van der Waals surface area contributed by atoms with Crippen molar-refractivity contribution in [3.8, 4) is 11.3 Å². The van der Waals surface area contributed by atoms with Gasteiger partial charge in [-0.05, 0) is 13.8 Å². The minimum absolute atomic E-state index is 0.671. The Morgan fingerprint density at radius 3 is 2.65 bits per heavy atom. The van der Waals surface area contributed by atoms with Crippen LogP contribution in [0.2, 0.25) is 0 Å². The van der Waals surface area contributed by atoms with Crippen LogP contribution in [0.15, 0.2) is 50.6 Å². The van der Waals surface area contributed by atoms with Gasteiger partial charge in [-0.25, -0.2) is 4.98 Å². The molecule has 2 heterocycles. The molecule has 0 spiro atoms. The van der Waals surface area contributed by atoms with Crippen LogP contribution >= 0.6 is 11.8 Å². The quantitative estimate of drug-likeness (QED) is 0.671. The lowest BCUT2D eigenvalue weighted by molar-refractivity contribution is 0.424. The molecule has 0 saturated heterocycles. The van der Waals surface area contributed by atoms with E-state index >= 15 is 0 Å². The van der Waals surface area contributed by atoms with Crippen molar-refractivity contribution in [2.45, 2.75) is 24.8 Å². The summed E-state index contributed by atoms with van der Waals surface area (Å²) in [7, 11) is 0. The second-order valence-electron chi connectivity index (χ2n) is 4.46. The lowest BCUT2D eigenvalue weighted by Crippen LogP contribution is -1.79. The van der Waals surface area contributed by atoms with E-state index < -0.39 is 0 Å². The Morgan fingerprint density at radius 1 is 1.15 bits per heavy atom. The molecule has 0 aliphatic heterocycles. The molecule has 0 atom stereocenters. The number of benzene rings is 1. The number of hydrogen-bond acceptors (Lipinski definition) is 5. The molecule has 3 aromatic rings. The molecule has 5 heteroatoms. The molecule has 4 nitrogen and oxygen atoms in total. The van der Waals surface area contributed by atoms with Gasteiger partial charge in [0.25, 0.3) is 5.22 Å². The number of nitrogens with zero attached hydrogens (tertiary/aromatic N) is 2. The van der Waals surface area contributed by atoms with Crippen LogP contribution in [0.5, 0.6) is 0 Å². The van der Waals surface area contributed by atoms with Gasteiger partial charge < -0.3 is 8.94 Å². The fourth-order valence-corrected chi connectivity index (χ4v) is 2.55. The van der Waals surface area contributed by atoms with Crippen molar-refractivity contribution in [1.29, 1.82) is 0 Å². The van der Waals surface area contributed by atoms with Gasteiger partial charge >= 0.3 is 0 Å². The summed E-state index contributed by atoms with van der Waals surface area (Å²) in [5.41, 5.74) is 2.83. The van der Waals surface area contributed by atoms with Crippen LogP contribution in [-0.2, 0) is 5.75 Å². The van der Waals surface area contributed by atoms with E-state index in [-0.39, 0.29) is 0 Å². The van der Waals surface area contributed by atoms with Crippen molar-refractivity contribution >= 4 is 11.8 Å². The van der Waals surface area contributed by atoms with Gasteiger partial charge in [-0.15, -0.1) is 0 Å². The van der Waals surface area contributed by atoms with E-state index in [4.69, 9.17) is 8.94 Å². The number of rotatable bonds is 4. The smallest absolute Gasteiger partial charge is 0.256 e. The summed E-state index contributed by atoms with van der Waals surface area (Å²) < 4.78 is 10.9. The highest BCUT2D eigenvalue weighted by atomic mass is 32.2. The maximum Gasteiger partial charge on any atom is 0.256 e. The Labute approximate surface area is 121 Å². The molecular weight excluding hydrogens is 272 g/mol. The zero-order valence-corrected chi connectivity index (χ0v) is 12.1. The third kappa shape index (κ3) is 2.77. The van der Waals surface area contributed by atoms with E-state index in [1.54, 1.807) is 0 Å². The fraction of sp³-hybridized carbons (Fsp3) is 0.200. The van der Waals surface area contributed by atoms with Gasteiger partial charge in [0.2, 0.25) is 0 Å². The summed E-state index contributed by atoms with van der Waals surface area (Å²) in [5, 5.41) is 4.74. The zero-order valence-electron chi connectivity index (χ0n) is 11.3. The highest BCUT2D eigenvalue weighted by molar-refractivity contribution is 7.98. The van der Waals surface area contributed by atoms with Crippen LogP contribution in [0, 0.1) is 13.8 Å². The molecule has 0 bridgehead atoms. The maximum atomic E-state index is 5.52. The van der Waals surface area contributed by atoms with Crippen LogP contribution in [0.3, 0.4) is 0 Å². The monoisotopic (exact) mass is 286 g/mol. The molecule has 0 aliphatic carbocycles. The summed E-state index contributed by atoms with van der Waals surface area (Å²) >= 11 is 1.52. The van der Waals surface area contributed by atoms with Gasteiger partial charge in [-0.3, -0.25) is 0 Å². The molecule has 0 unspecified atom stereocenters. The van der Waals surface area contributed by atoms with Crippen molar-refractivity contribution in [1.82, 2.24) is 10.1 Å². The van der Waals surface area contributed by atoms with Crippen LogP contribution in [0.4, 0.5) is 0 Å². The second kappa shape index (κ2) is 5.54. The Morgan fingerprint density at radius 2 is 1.95 bits per heavy atom. The summed E-state index contributed by atoms with van der Waals surface area (Å²) in [6.07, 6.45) is 0. The Bertz CT molecular complexity index is 684. The molecule has 102 valence electrons. The number of thioether (sulfide) groups is 1. The minimum atomic E-state index is 0.671. The van der Waals surface area contributed by atoms with Gasteiger partial charge in [0.15, 0.2) is 5.76 Å². The summed E-state index contributed by atoms with van der Waals surface area (Å²) in [5.74, 6) is 2.31. The van der Waals surface area contributed by atoms with Crippen LogP contribution in [0.25, 0.3) is 11.3 Å². The lowest BCUT2D eigenvalue weighted by atomic mass is 10.2. The number of aryl methyl sites for hydroxylation is 2. The maximum absolute atomic E-state index is 5.52. The summed E-state index contributed by atoms with van der Waals surface area (Å²) in [4.78, 5) is 4.33. The molecule has 3 rings (SSSR count). The van der Waals surface area contributed by atoms with Gasteiger partial charge in [-0.2, -0.15) is 0 Å². The molecule has 0 N–H and O–H groups in total. The normalized spacial score (nSPS) is 10.9. The molecule has 0 fully saturated rings. The van der Waals surface area contributed by atoms with E-state index in [9.17, 15) is 0 Å². The third-order valence-electron chi connectivity index (χ3n) is 2.97. The van der Waals surface area contributed by atoms with Gasteiger partial charge in [0.05, 0.1) is 11.4 Å². The number of oxazole rings is 1. The molecule has 0 amide bonds. The summed E-state index contributed by atoms with van der Waals surface area (Å²) in [6, 6.07) is 11.9. The van der Waals surface area contributed by atoms with E-state index in [1.807, 2.05) is 50.2 Å². The first-order valence-corrected chi connectivity index (χ1v) is 7.29. The molecule has 0 saturated carbocycles. The number of aromatic nitrogens is 2. The van der Waals surface area contributed by atoms with Crippen molar-refractivity contribution in [3.63, 3.8) is 0 Å². The second-order valence-corrected chi connectivity index (χ2v) is 5.39. The van der Waals surface area contributed by atoms with Gasteiger partial charge in [0.1, 0.15) is 5.76 Å². The SMILES string of the molecule is Cc1nc(SCc2cc(-c3ccccc3)on2)oc1C. The van der Waals surface area contributed by atoms with Crippen LogP contribution in [0.1, 0.15) is 17.1 Å². The first-order valence-electron chi connectivity index (χ1n) is 6.30. The van der Waals surface area contributed by atoms with Gasteiger partial charge in [0, 0.05) is 17.4 Å². The molecule has 0 aliphatic rings. The molecule has 2 aromatic heterocycles. The first-order chi connectivity index (χ1) is 9.72. The molecule has 20 heavy (non-hydrogen) atoms. The average molecular weight is 286 g/mol. The fourth-order valence-electron chi connectivity index (χ4n) is 1.76. The largest absolute Gasteiger partial charge is 0.437 e. The highest BCUT2D eigenvalue weighted by Gasteiger charge is 2.10. The van der Waals surface area contributed by atoms with Crippen molar-refractivity contribution in [2.24, 2.45) is 0 Å². The first kappa shape index (κ1) is 13.0. The summed E-state index contributed by atoms with van der Waals surface area (Å²) in [6.45, 7) is 3.85.